The quantitative estimate of drug-likeness (QED) is 0.402. The monoisotopic (exact) mass is 570 g/mol. The van der Waals surface area contributed by atoms with Crippen LogP contribution in [0.2, 0.25) is 0 Å². The fourth-order valence-corrected chi connectivity index (χ4v) is 5.56. The average Bonchev–Trinajstić information content (AvgIpc) is 3.36. The Labute approximate surface area is 238 Å². The summed E-state index contributed by atoms with van der Waals surface area (Å²) in [6.07, 6.45) is -2.92. The van der Waals surface area contributed by atoms with E-state index >= 15 is 0 Å². The maximum atomic E-state index is 13.3. The highest BCUT2D eigenvalue weighted by atomic mass is 19.4. The summed E-state index contributed by atoms with van der Waals surface area (Å²) in [5, 5.41) is 0.987. The molecule has 0 spiro atoms. The van der Waals surface area contributed by atoms with Gasteiger partial charge in [0.25, 0.3) is 5.91 Å². The van der Waals surface area contributed by atoms with Gasteiger partial charge >= 0.3 is 12.3 Å². The third kappa shape index (κ3) is 7.04. The van der Waals surface area contributed by atoms with Gasteiger partial charge in [-0.25, -0.2) is 4.79 Å². The molecule has 3 aromatic rings. The Kier molecular flexibility index (Phi) is 8.05. The van der Waals surface area contributed by atoms with Crippen LogP contribution in [0.4, 0.5) is 18.0 Å². The number of carbonyl (C=O) groups is 2. The van der Waals surface area contributed by atoms with Crippen LogP contribution in [0.5, 0.6) is 0 Å². The van der Waals surface area contributed by atoms with Gasteiger partial charge in [0.15, 0.2) is 0 Å². The van der Waals surface area contributed by atoms with Crippen molar-refractivity contribution in [3.63, 3.8) is 0 Å². The predicted octanol–water partition coefficient (Wildman–Crippen LogP) is 6.26. The zero-order valence-electron chi connectivity index (χ0n) is 23.8. The summed E-state index contributed by atoms with van der Waals surface area (Å²) < 4.78 is 44.0. The second kappa shape index (κ2) is 11.4. The Morgan fingerprint density at radius 2 is 1.54 bits per heavy atom. The van der Waals surface area contributed by atoms with Crippen LogP contribution < -0.4 is 0 Å². The van der Waals surface area contributed by atoms with E-state index in [2.05, 4.69) is 16.0 Å². The van der Waals surface area contributed by atoms with Gasteiger partial charge in [0.1, 0.15) is 5.60 Å². The second-order valence-corrected chi connectivity index (χ2v) is 12.0. The van der Waals surface area contributed by atoms with Crippen molar-refractivity contribution in [3.05, 3.63) is 70.9 Å². The summed E-state index contributed by atoms with van der Waals surface area (Å²) in [6.45, 7) is 9.88. The van der Waals surface area contributed by atoms with Crippen molar-refractivity contribution in [2.24, 2.45) is 0 Å². The lowest BCUT2D eigenvalue weighted by molar-refractivity contribution is -0.137. The first-order valence-electron chi connectivity index (χ1n) is 14.1. The molecule has 0 radical (unpaired) electrons. The molecule has 5 rings (SSSR count). The maximum absolute atomic E-state index is 13.3. The molecule has 0 saturated carbocycles. The number of benzene rings is 2. The number of nitrogens with one attached hydrogen (secondary N) is 1. The second-order valence-electron chi connectivity index (χ2n) is 12.0. The molecule has 41 heavy (non-hydrogen) atoms. The number of hydrogen-bond acceptors (Lipinski definition) is 4. The van der Waals surface area contributed by atoms with E-state index in [1.54, 1.807) is 4.90 Å². The standard InChI is InChI=1S/C31H37F3N4O3/c1-30(2,3)41-29(40)38-12-10-22(11-13-38)27-19-24-18-23(6-9-26(24)35-27)28(39)37-16-14-36(15-17-37)20-21-4-7-25(8-5-21)31(32,33)34/h4-9,18-19,22,35H,10-17,20H2,1-3H3. The minimum atomic E-state index is -4.34. The first-order valence-corrected chi connectivity index (χ1v) is 14.1. The Bertz CT molecular complexity index is 1380. The molecule has 0 bridgehead atoms. The normalized spacial score (nSPS) is 17.7. The molecule has 0 atom stereocenters. The molecular weight excluding hydrogens is 533 g/mol. The number of aromatic nitrogens is 1. The van der Waals surface area contributed by atoms with Crippen molar-refractivity contribution in [2.75, 3.05) is 39.3 Å². The van der Waals surface area contributed by atoms with Crippen molar-refractivity contribution in [2.45, 2.75) is 57.9 Å². The molecular formula is C31H37F3N4O3. The van der Waals surface area contributed by atoms with Crippen LogP contribution >= 0.6 is 0 Å². The zero-order chi connectivity index (χ0) is 29.4. The van der Waals surface area contributed by atoms with Crippen molar-refractivity contribution >= 4 is 22.9 Å². The molecule has 220 valence electrons. The number of nitrogens with zero attached hydrogens (tertiary/aromatic N) is 3. The molecule has 2 aliphatic heterocycles. The Morgan fingerprint density at radius 3 is 2.15 bits per heavy atom. The number of amides is 2. The van der Waals surface area contributed by atoms with E-state index in [0.717, 1.165) is 47.1 Å². The number of rotatable bonds is 4. The Hall–Kier alpha value is -3.53. The molecule has 2 aromatic carbocycles. The number of carbonyl (C=O) groups excluding carboxylic acids is 2. The molecule has 2 saturated heterocycles. The average molecular weight is 571 g/mol. The van der Waals surface area contributed by atoms with Crippen LogP contribution in [-0.4, -0.2) is 76.6 Å². The lowest BCUT2D eigenvalue weighted by atomic mass is 9.94. The summed E-state index contributed by atoms with van der Waals surface area (Å²) in [7, 11) is 0. The third-order valence-electron chi connectivity index (χ3n) is 7.82. The topological polar surface area (TPSA) is 68.9 Å². The summed E-state index contributed by atoms with van der Waals surface area (Å²) in [4.78, 5) is 34.9. The number of alkyl halides is 3. The van der Waals surface area contributed by atoms with Crippen molar-refractivity contribution < 1.29 is 27.5 Å². The molecule has 1 N–H and O–H groups in total. The molecule has 1 aromatic heterocycles. The predicted molar refractivity (Wildman–Crippen MR) is 151 cm³/mol. The van der Waals surface area contributed by atoms with Crippen molar-refractivity contribution in [1.29, 1.82) is 0 Å². The van der Waals surface area contributed by atoms with Crippen LogP contribution in [0.3, 0.4) is 0 Å². The summed E-state index contributed by atoms with van der Waals surface area (Å²) >= 11 is 0. The number of likely N-dealkylation sites (tertiary alicyclic amines) is 1. The number of halogens is 3. The molecule has 2 aliphatic rings. The van der Waals surface area contributed by atoms with E-state index in [-0.39, 0.29) is 12.0 Å². The number of fused-ring (bicyclic) bond motifs is 1. The summed E-state index contributed by atoms with van der Waals surface area (Å²) in [6, 6.07) is 13.1. The summed E-state index contributed by atoms with van der Waals surface area (Å²) in [5.74, 6) is 0.285. The molecule has 10 heteroatoms. The van der Waals surface area contributed by atoms with Crippen LogP contribution in [0, 0.1) is 0 Å². The zero-order valence-corrected chi connectivity index (χ0v) is 23.8. The third-order valence-corrected chi connectivity index (χ3v) is 7.82. The highest BCUT2D eigenvalue weighted by molar-refractivity contribution is 5.98. The number of piperidine rings is 1. The SMILES string of the molecule is CC(C)(C)OC(=O)N1CCC(c2cc3cc(C(=O)N4CCN(Cc5ccc(C(F)(F)F)cc5)CC4)ccc3[nH]2)CC1. The minimum absolute atomic E-state index is 0.0190. The van der Waals surface area contributed by atoms with Gasteiger partial charge in [0.05, 0.1) is 5.56 Å². The van der Waals surface area contributed by atoms with Gasteiger partial charge in [0, 0.05) is 73.9 Å². The number of H-pyrrole nitrogens is 1. The van der Waals surface area contributed by atoms with Gasteiger partial charge in [-0.15, -0.1) is 0 Å². The van der Waals surface area contributed by atoms with Crippen molar-refractivity contribution in [3.8, 4) is 0 Å². The fraction of sp³-hybridized carbons (Fsp3) is 0.484. The molecule has 7 nitrogen and oxygen atoms in total. The van der Waals surface area contributed by atoms with Gasteiger partial charge in [-0.1, -0.05) is 12.1 Å². The van der Waals surface area contributed by atoms with E-state index in [1.165, 1.54) is 12.1 Å². The van der Waals surface area contributed by atoms with Gasteiger partial charge in [-0.05, 0) is 75.6 Å². The fourth-order valence-electron chi connectivity index (χ4n) is 5.56. The van der Waals surface area contributed by atoms with Gasteiger partial charge in [-0.2, -0.15) is 13.2 Å². The summed E-state index contributed by atoms with van der Waals surface area (Å²) in [5.41, 5.74) is 2.40. The number of ether oxygens (including phenoxy) is 1. The van der Waals surface area contributed by atoms with E-state index in [4.69, 9.17) is 4.74 Å². The molecule has 2 fully saturated rings. The van der Waals surface area contributed by atoms with Crippen LogP contribution in [0.15, 0.2) is 48.5 Å². The van der Waals surface area contributed by atoms with Gasteiger partial charge < -0.3 is 19.5 Å². The smallest absolute Gasteiger partial charge is 0.416 e. The van der Waals surface area contributed by atoms with E-state index in [9.17, 15) is 22.8 Å². The van der Waals surface area contributed by atoms with E-state index in [0.29, 0.717) is 57.3 Å². The van der Waals surface area contributed by atoms with E-state index < -0.39 is 17.3 Å². The Balaban J connectivity index is 1.15. The maximum Gasteiger partial charge on any atom is 0.416 e. The van der Waals surface area contributed by atoms with E-state index in [1.807, 2.05) is 43.9 Å². The molecule has 0 unspecified atom stereocenters. The van der Waals surface area contributed by atoms with Gasteiger partial charge in [0.2, 0.25) is 0 Å². The first kappa shape index (κ1) is 29.0. The Morgan fingerprint density at radius 1 is 0.878 bits per heavy atom. The number of aromatic amines is 1. The molecule has 2 amide bonds. The van der Waals surface area contributed by atoms with Crippen LogP contribution in [0.25, 0.3) is 10.9 Å². The van der Waals surface area contributed by atoms with Gasteiger partial charge in [-0.3, -0.25) is 9.69 Å². The first-order chi connectivity index (χ1) is 19.4. The largest absolute Gasteiger partial charge is 0.444 e. The lowest BCUT2D eigenvalue weighted by Gasteiger charge is -2.34. The minimum Gasteiger partial charge on any atom is -0.444 e. The van der Waals surface area contributed by atoms with Crippen LogP contribution in [-0.2, 0) is 17.5 Å². The lowest BCUT2D eigenvalue weighted by Crippen LogP contribution is -2.48. The highest BCUT2D eigenvalue weighted by Gasteiger charge is 2.31. The number of piperazine rings is 1. The molecule has 0 aliphatic carbocycles. The molecule has 3 heterocycles. The number of hydrogen-bond donors (Lipinski definition) is 1. The van der Waals surface area contributed by atoms with Crippen LogP contribution in [0.1, 0.15) is 66.7 Å². The van der Waals surface area contributed by atoms with Crippen molar-refractivity contribution in [1.82, 2.24) is 19.7 Å². The highest BCUT2D eigenvalue weighted by Crippen LogP contribution is 2.32.